The Bertz CT molecular complexity index is 1360. The number of esters is 1. The predicted molar refractivity (Wildman–Crippen MR) is 120 cm³/mol. The number of hydrogen-bond acceptors (Lipinski definition) is 7. The zero-order valence-electron chi connectivity index (χ0n) is 17.9. The molecule has 0 saturated heterocycles. The molecule has 9 nitrogen and oxygen atoms in total. The van der Waals surface area contributed by atoms with Gasteiger partial charge >= 0.3 is 11.7 Å². The lowest BCUT2D eigenvalue weighted by Crippen LogP contribution is -2.33. The molecule has 2 atom stereocenters. The average Bonchev–Trinajstić information content (AvgIpc) is 3.45. The molecule has 0 aliphatic heterocycles. The highest BCUT2D eigenvalue weighted by molar-refractivity contribution is 7.89. The molecule has 33 heavy (non-hydrogen) atoms. The lowest BCUT2D eigenvalue weighted by atomic mass is 9.88. The number of aromatic nitrogens is 2. The summed E-state index contributed by atoms with van der Waals surface area (Å²) in [5.41, 5.74) is 3.10. The Labute approximate surface area is 195 Å². The van der Waals surface area contributed by atoms with Crippen LogP contribution in [0, 0.1) is 0 Å². The number of rotatable bonds is 7. The standard InChI is InChI=1S/C22H22ClN3O6S/c1-12(15-7-3-5-13-6-4-8-16(13)15)19(20-24-25-22(28)32-20)26-33(29,30)18-10-9-14(23)11-17(18)21(27)31-2/h3,5,7,9-12,19,26H,4,6,8H2,1-2H3,(H,25,28)/t12-,19+/m1/s1. The van der Waals surface area contributed by atoms with Gasteiger partial charge in [-0.25, -0.2) is 23.1 Å². The Balaban J connectivity index is 1.78. The van der Waals surface area contributed by atoms with E-state index in [1.807, 2.05) is 19.1 Å². The molecule has 11 heteroatoms. The molecule has 1 aromatic heterocycles. The average molecular weight is 492 g/mol. The zero-order valence-corrected chi connectivity index (χ0v) is 19.5. The molecule has 1 aliphatic rings. The van der Waals surface area contributed by atoms with Crippen LogP contribution in [0.2, 0.25) is 5.02 Å². The van der Waals surface area contributed by atoms with Gasteiger partial charge in [0.25, 0.3) is 0 Å². The van der Waals surface area contributed by atoms with Crippen LogP contribution in [0.5, 0.6) is 0 Å². The fraction of sp³-hybridized carbons (Fsp3) is 0.318. The van der Waals surface area contributed by atoms with E-state index < -0.39 is 33.7 Å². The Morgan fingerprint density at radius 2 is 2.06 bits per heavy atom. The highest BCUT2D eigenvalue weighted by atomic mass is 35.5. The van der Waals surface area contributed by atoms with Crippen LogP contribution in [0.3, 0.4) is 0 Å². The molecule has 0 amide bonds. The highest BCUT2D eigenvalue weighted by Gasteiger charge is 2.34. The minimum absolute atomic E-state index is 0.111. The van der Waals surface area contributed by atoms with Gasteiger partial charge in [-0.2, -0.15) is 4.72 Å². The monoisotopic (exact) mass is 491 g/mol. The van der Waals surface area contributed by atoms with Gasteiger partial charge in [-0.15, -0.1) is 5.10 Å². The minimum atomic E-state index is -4.29. The van der Waals surface area contributed by atoms with E-state index in [-0.39, 0.29) is 21.4 Å². The molecule has 0 bridgehead atoms. The molecule has 3 aromatic rings. The molecular formula is C22H22ClN3O6S. The van der Waals surface area contributed by atoms with Gasteiger partial charge in [0, 0.05) is 10.9 Å². The molecule has 2 aromatic carbocycles. The van der Waals surface area contributed by atoms with Gasteiger partial charge in [-0.1, -0.05) is 36.7 Å². The van der Waals surface area contributed by atoms with Crippen LogP contribution < -0.4 is 10.5 Å². The molecule has 4 rings (SSSR count). The van der Waals surface area contributed by atoms with Crippen LogP contribution in [-0.2, 0) is 27.6 Å². The third-order valence-electron chi connectivity index (χ3n) is 5.81. The molecule has 1 heterocycles. The van der Waals surface area contributed by atoms with E-state index in [0.29, 0.717) is 0 Å². The summed E-state index contributed by atoms with van der Waals surface area (Å²) in [6.45, 7) is 1.83. The molecule has 0 unspecified atom stereocenters. The first-order chi connectivity index (χ1) is 15.7. The van der Waals surface area contributed by atoms with Crippen molar-refractivity contribution in [2.24, 2.45) is 0 Å². The van der Waals surface area contributed by atoms with Crippen molar-refractivity contribution in [3.8, 4) is 0 Å². The second-order valence-electron chi connectivity index (χ2n) is 7.81. The number of carbonyl (C=O) groups is 1. The van der Waals surface area contributed by atoms with Crippen molar-refractivity contribution in [3.63, 3.8) is 0 Å². The number of aromatic amines is 1. The van der Waals surface area contributed by atoms with Crippen molar-refractivity contribution in [2.75, 3.05) is 7.11 Å². The zero-order chi connectivity index (χ0) is 23.8. The minimum Gasteiger partial charge on any atom is -0.465 e. The van der Waals surface area contributed by atoms with Gasteiger partial charge in [0.1, 0.15) is 6.04 Å². The summed E-state index contributed by atoms with van der Waals surface area (Å²) in [5, 5.41) is 6.24. The van der Waals surface area contributed by atoms with E-state index in [9.17, 15) is 18.0 Å². The first-order valence-electron chi connectivity index (χ1n) is 10.3. The van der Waals surface area contributed by atoms with Gasteiger partial charge in [-0.05, 0) is 54.2 Å². The molecule has 0 spiro atoms. The number of sulfonamides is 1. The van der Waals surface area contributed by atoms with Crippen molar-refractivity contribution >= 4 is 27.6 Å². The van der Waals surface area contributed by atoms with E-state index in [1.165, 1.54) is 23.8 Å². The second-order valence-corrected chi connectivity index (χ2v) is 9.93. The van der Waals surface area contributed by atoms with Crippen LogP contribution in [0.15, 0.2) is 50.5 Å². The van der Waals surface area contributed by atoms with Crippen LogP contribution >= 0.6 is 11.6 Å². The summed E-state index contributed by atoms with van der Waals surface area (Å²) in [6, 6.07) is 8.70. The number of halogens is 1. The van der Waals surface area contributed by atoms with E-state index in [0.717, 1.165) is 37.5 Å². The maximum atomic E-state index is 13.4. The normalized spacial score (nSPS) is 15.1. The molecule has 174 valence electrons. The van der Waals surface area contributed by atoms with Crippen LogP contribution in [-0.4, -0.2) is 31.7 Å². The van der Waals surface area contributed by atoms with E-state index in [2.05, 4.69) is 21.0 Å². The largest absolute Gasteiger partial charge is 0.465 e. The van der Waals surface area contributed by atoms with Gasteiger partial charge in [-0.3, -0.25) is 0 Å². The SMILES string of the molecule is COC(=O)c1cc(Cl)ccc1S(=O)(=O)N[C@H](c1n[nH]c(=O)o1)[C@H](C)c1cccc2c1CCC2. The summed E-state index contributed by atoms with van der Waals surface area (Å²) < 4.78 is 39.3. The van der Waals surface area contributed by atoms with E-state index in [4.69, 9.17) is 20.8 Å². The van der Waals surface area contributed by atoms with Crippen LogP contribution in [0.25, 0.3) is 0 Å². The van der Waals surface area contributed by atoms with E-state index in [1.54, 1.807) is 0 Å². The van der Waals surface area contributed by atoms with Gasteiger partial charge in [0.15, 0.2) is 0 Å². The summed E-state index contributed by atoms with van der Waals surface area (Å²) >= 11 is 5.97. The van der Waals surface area contributed by atoms with Crippen LogP contribution in [0.4, 0.5) is 0 Å². The summed E-state index contributed by atoms with van der Waals surface area (Å²) in [5.74, 6) is -2.20. The number of nitrogens with zero attached hydrogens (tertiary/aromatic N) is 1. The molecule has 0 saturated carbocycles. The summed E-state index contributed by atoms with van der Waals surface area (Å²) in [7, 11) is -3.15. The first kappa shape index (κ1) is 23.2. The molecule has 0 fully saturated rings. The maximum absolute atomic E-state index is 13.4. The number of ether oxygens (including phenoxy) is 1. The van der Waals surface area contributed by atoms with Crippen molar-refractivity contribution in [2.45, 2.75) is 43.0 Å². The number of aryl methyl sites for hydroxylation is 1. The Hall–Kier alpha value is -2.95. The van der Waals surface area contributed by atoms with Gasteiger partial charge in [0.05, 0.1) is 17.6 Å². The van der Waals surface area contributed by atoms with Crippen molar-refractivity contribution in [1.82, 2.24) is 14.9 Å². The lowest BCUT2D eigenvalue weighted by Gasteiger charge is -2.25. The van der Waals surface area contributed by atoms with Crippen molar-refractivity contribution in [1.29, 1.82) is 0 Å². The number of hydrogen-bond donors (Lipinski definition) is 2. The third kappa shape index (κ3) is 4.59. The van der Waals surface area contributed by atoms with Crippen LogP contribution in [0.1, 0.15) is 58.2 Å². The smallest absolute Gasteiger partial charge is 0.434 e. The summed E-state index contributed by atoms with van der Waals surface area (Å²) in [4.78, 5) is 23.6. The van der Waals surface area contributed by atoms with Gasteiger partial charge in [0.2, 0.25) is 15.9 Å². The second kappa shape index (κ2) is 9.12. The number of methoxy groups -OCH3 is 1. The lowest BCUT2D eigenvalue weighted by molar-refractivity contribution is 0.0596. The molecular weight excluding hydrogens is 470 g/mol. The Morgan fingerprint density at radius 1 is 1.27 bits per heavy atom. The maximum Gasteiger partial charge on any atom is 0.434 e. The Kier molecular flexibility index (Phi) is 6.42. The fourth-order valence-corrected chi connectivity index (χ4v) is 5.85. The fourth-order valence-electron chi connectivity index (χ4n) is 4.23. The van der Waals surface area contributed by atoms with Crippen molar-refractivity contribution in [3.05, 3.63) is 80.1 Å². The quantitative estimate of drug-likeness (QED) is 0.485. The topological polar surface area (TPSA) is 131 Å². The Morgan fingerprint density at radius 3 is 2.76 bits per heavy atom. The highest BCUT2D eigenvalue weighted by Crippen LogP contribution is 2.37. The van der Waals surface area contributed by atoms with Gasteiger partial charge < -0.3 is 9.15 Å². The number of H-pyrrole nitrogens is 1. The van der Waals surface area contributed by atoms with Crippen molar-refractivity contribution < 1.29 is 22.4 Å². The molecule has 1 aliphatic carbocycles. The number of nitrogens with one attached hydrogen (secondary N) is 2. The number of fused-ring (bicyclic) bond motifs is 1. The number of carbonyl (C=O) groups excluding carboxylic acids is 1. The predicted octanol–water partition coefficient (Wildman–Crippen LogP) is 3.11. The van der Waals surface area contributed by atoms with E-state index >= 15 is 0 Å². The number of benzene rings is 2. The first-order valence-corrected chi connectivity index (χ1v) is 12.1. The third-order valence-corrected chi connectivity index (χ3v) is 7.55. The molecule has 0 radical (unpaired) electrons. The molecule has 2 N–H and O–H groups in total. The summed E-state index contributed by atoms with van der Waals surface area (Å²) in [6.07, 6.45) is 2.85.